The SMILES string of the molecule is CCC1(CCCS)COC1. The van der Waals surface area contributed by atoms with E-state index in [0.717, 1.165) is 19.0 Å². The fourth-order valence-electron chi connectivity index (χ4n) is 1.37. The monoisotopic (exact) mass is 160 g/mol. The van der Waals surface area contributed by atoms with Crippen molar-refractivity contribution in [3.8, 4) is 0 Å². The summed E-state index contributed by atoms with van der Waals surface area (Å²) in [5.41, 5.74) is 0.544. The summed E-state index contributed by atoms with van der Waals surface area (Å²) in [4.78, 5) is 0. The van der Waals surface area contributed by atoms with Gasteiger partial charge in [-0.1, -0.05) is 6.92 Å². The van der Waals surface area contributed by atoms with Gasteiger partial charge in [-0.3, -0.25) is 0 Å². The first kappa shape index (κ1) is 8.41. The van der Waals surface area contributed by atoms with Gasteiger partial charge in [-0.05, 0) is 25.0 Å². The minimum absolute atomic E-state index is 0.544. The second-order valence-corrected chi connectivity index (χ2v) is 3.62. The Morgan fingerprint density at radius 3 is 2.50 bits per heavy atom. The number of hydrogen-bond acceptors (Lipinski definition) is 2. The van der Waals surface area contributed by atoms with E-state index in [9.17, 15) is 0 Å². The molecule has 0 bridgehead atoms. The molecule has 0 aliphatic carbocycles. The predicted octanol–water partition coefficient (Wildman–Crippen LogP) is 2.12. The molecule has 0 aromatic heterocycles. The molecule has 0 aromatic rings. The van der Waals surface area contributed by atoms with E-state index in [1.165, 1.54) is 19.3 Å². The summed E-state index contributed by atoms with van der Waals surface area (Å²) in [6, 6.07) is 0. The van der Waals surface area contributed by atoms with Crippen LogP contribution < -0.4 is 0 Å². The van der Waals surface area contributed by atoms with Gasteiger partial charge in [0.2, 0.25) is 0 Å². The Hall–Kier alpha value is 0.310. The zero-order chi connectivity index (χ0) is 7.45. The molecule has 1 nitrogen and oxygen atoms in total. The lowest BCUT2D eigenvalue weighted by Crippen LogP contribution is -2.41. The summed E-state index contributed by atoms with van der Waals surface area (Å²) < 4.78 is 5.20. The van der Waals surface area contributed by atoms with Gasteiger partial charge in [0, 0.05) is 5.41 Å². The van der Waals surface area contributed by atoms with E-state index >= 15 is 0 Å². The molecule has 0 unspecified atom stereocenters. The summed E-state index contributed by atoms with van der Waals surface area (Å²) in [5.74, 6) is 1.02. The molecule has 0 saturated carbocycles. The third-order valence-corrected chi connectivity index (χ3v) is 2.75. The summed E-state index contributed by atoms with van der Waals surface area (Å²) >= 11 is 4.19. The largest absolute Gasteiger partial charge is 0.380 e. The first-order valence-electron chi connectivity index (χ1n) is 4.01. The van der Waals surface area contributed by atoms with Crippen LogP contribution in [0.25, 0.3) is 0 Å². The van der Waals surface area contributed by atoms with Crippen LogP contribution in [0.1, 0.15) is 26.2 Å². The maximum Gasteiger partial charge on any atom is 0.0544 e. The minimum Gasteiger partial charge on any atom is -0.380 e. The molecule has 10 heavy (non-hydrogen) atoms. The van der Waals surface area contributed by atoms with Crippen LogP contribution in [0.2, 0.25) is 0 Å². The molecule has 0 aromatic carbocycles. The Morgan fingerprint density at radius 1 is 1.50 bits per heavy atom. The Kier molecular flexibility index (Phi) is 3.05. The minimum atomic E-state index is 0.544. The van der Waals surface area contributed by atoms with Crippen LogP contribution in [0.3, 0.4) is 0 Å². The van der Waals surface area contributed by atoms with Gasteiger partial charge >= 0.3 is 0 Å². The average molecular weight is 160 g/mol. The van der Waals surface area contributed by atoms with Crippen LogP contribution >= 0.6 is 12.6 Å². The lowest BCUT2D eigenvalue weighted by molar-refractivity contribution is -0.119. The third kappa shape index (κ3) is 1.67. The molecule has 0 radical (unpaired) electrons. The second kappa shape index (κ2) is 3.63. The van der Waals surface area contributed by atoms with Gasteiger partial charge in [0.05, 0.1) is 13.2 Å². The van der Waals surface area contributed by atoms with Crippen molar-refractivity contribution < 1.29 is 4.74 Å². The molecule has 1 aliphatic heterocycles. The summed E-state index contributed by atoms with van der Waals surface area (Å²) in [7, 11) is 0. The van der Waals surface area contributed by atoms with Gasteiger partial charge in [-0.2, -0.15) is 12.6 Å². The zero-order valence-electron chi connectivity index (χ0n) is 6.60. The van der Waals surface area contributed by atoms with E-state index in [4.69, 9.17) is 4.74 Å². The van der Waals surface area contributed by atoms with E-state index in [1.807, 2.05) is 0 Å². The van der Waals surface area contributed by atoms with Crippen molar-refractivity contribution >= 4 is 12.6 Å². The fraction of sp³-hybridized carbons (Fsp3) is 1.00. The molecule has 0 amide bonds. The lowest BCUT2D eigenvalue weighted by atomic mass is 9.79. The normalized spacial score (nSPS) is 22.2. The third-order valence-electron chi connectivity index (χ3n) is 2.43. The van der Waals surface area contributed by atoms with E-state index < -0.39 is 0 Å². The summed E-state index contributed by atoms with van der Waals surface area (Å²) in [5, 5.41) is 0. The Morgan fingerprint density at radius 2 is 2.20 bits per heavy atom. The highest BCUT2D eigenvalue weighted by molar-refractivity contribution is 7.80. The van der Waals surface area contributed by atoms with Crippen LogP contribution in [0.5, 0.6) is 0 Å². The number of thiol groups is 1. The quantitative estimate of drug-likeness (QED) is 0.620. The van der Waals surface area contributed by atoms with Crippen LogP contribution in [0, 0.1) is 5.41 Å². The molecule has 0 spiro atoms. The van der Waals surface area contributed by atoms with E-state index in [0.29, 0.717) is 5.41 Å². The molecule has 1 rings (SSSR count). The van der Waals surface area contributed by atoms with Crippen molar-refractivity contribution in [2.45, 2.75) is 26.2 Å². The molecule has 1 aliphatic rings. The highest BCUT2D eigenvalue weighted by atomic mass is 32.1. The first-order valence-corrected chi connectivity index (χ1v) is 4.65. The lowest BCUT2D eigenvalue weighted by Gasteiger charge is -2.40. The van der Waals surface area contributed by atoms with Gasteiger partial charge in [0.25, 0.3) is 0 Å². The van der Waals surface area contributed by atoms with Gasteiger partial charge in [-0.15, -0.1) is 0 Å². The highest BCUT2D eigenvalue weighted by Gasteiger charge is 2.35. The highest BCUT2D eigenvalue weighted by Crippen LogP contribution is 2.35. The standard InChI is InChI=1S/C8H16OS/c1-2-8(4-3-5-10)6-9-7-8/h10H,2-7H2,1H3. The molecule has 0 N–H and O–H groups in total. The van der Waals surface area contributed by atoms with Crippen LogP contribution in [-0.4, -0.2) is 19.0 Å². The fourth-order valence-corrected chi connectivity index (χ4v) is 1.53. The number of rotatable bonds is 4. The molecule has 1 saturated heterocycles. The first-order chi connectivity index (χ1) is 4.83. The van der Waals surface area contributed by atoms with Gasteiger partial charge in [-0.25, -0.2) is 0 Å². The molecule has 60 valence electrons. The molecule has 1 heterocycles. The Labute approximate surface area is 68.6 Å². The zero-order valence-corrected chi connectivity index (χ0v) is 7.49. The average Bonchev–Trinajstić information content (AvgIpc) is 1.87. The summed E-state index contributed by atoms with van der Waals surface area (Å²) in [6.45, 7) is 4.22. The van der Waals surface area contributed by atoms with Crippen molar-refractivity contribution in [3.05, 3.63) is 0 Å². The maximum atomic E-state index is 5.20. The Bertz CT molecular complexity index is 93.9. The topological polar surface area (TPSA) is 9.23 Å². The van der Waals surface area contributed by atoms with E-state index in [-0.39, 0.29) is 0 Å². The molecular formula is C8H16OS. The summed E-state index contributed by atoms with van der Waals surface area (Å²) in [6.07, 6.45) is 3.80. The number of ether oxygens (including phenoxy) is 1. The second-order valence-electron chi connectivity index (χ2n) is 3.17. The van der Waals surface area contributed by atoms with E-state index in [2.05, 4.69) is 19.6 Å². The van der Waals surface area contributed by atoms with Crippen molar-refractivity contribution in [1.29, 1.82) is 0 Å². The maximum absolute atomic E-state index is 5.20. The van der Waals surface area contributed by atoms with Crippen molar-refractivity contribution in [1.82, 2.24) is 0 Å². The van der Waals surface area contributed by atoms with Gasteiger partial charge in [0.15, 0.2) is 0 Å². The van der Waals surface area contributed by atoms with Crippen LogP contribution in [0.4, 0.5) is 0 Å². The smallest absolute Gasteiger partial charge is 0.0544 e. The van der Waals surface area contributed by atoms with Crippen molar-refractivity contribution in [2.24, 2.45) is 5.41 Å². The molecule has 1 fully saturated rings. The van der Waals surface area contributed by atoms with Crippen molar-refractivity contribution in [2.75, 3.05) is 19.0 Å². The van der Waals surface area contributed by atoms with Gasteiger partial charge in [0.1, 0.15) is 0 Å². The van der Waals surface area contributed by atoms with Crippen molar-refractivity contribution in [3.63, 3.8) is 0 Å². The Balaban J connectivity index is 2.20. The molecular weight excluding hydrogens is 144 g/mol. The molecule has 2 heteroatoms. The van der Waals surface area contributed by atoms with Crippen LogP contribution in [0.15, 0.2) is 0 Å². The predicted molar refractivity (Wildman–Crippen MR) is 46.6 cm³/mol. The van der Waals surface area contributed by atoms with Gasteiger partial charge < -0.3 is 4.74 Å². The van der Waals surface area contributed by atoms with Crippen LogP contribution in [-0.2, 0) is 4.74 Å². The van der Waals surface area contributed by atoms with E-state index in [1.54, 1.807) is 0 Å². The molecule has 0 atom stereocenters. The number of hydrogen-bond donors (Lipinski definition) is 1.